The summed E-state index contributed by atoms with van der Waals surface area (Å²) in [4.78, 5) is 21.3. The van der Waals surface area contributed by atoms with Gasteiger partial charge in [0.1, 0.15) is 0 Å². The SMILES string of the molecule is [O]c1ccc(NC(=O)CCC(=O)O)cc1. The highest BCUT2D eigenvalue weighted by molar-refractivity contribution is 5.92. The van der Waals surface area contributed by atoms with Crippen molar-refractivity contribution in [3.63, 3.8) is 0 Å². The van der Waals surface area contributed by atoms with E-state index in [9.17, 15) is 14.7 Å². The average Bonchev–Trinajstić information content (AvgIpc) is 2.19. The number of hydrogen-bond donors (Lipinski definition) is 2. The van der Waals surface area contributed by atoms with Crippen LogP contribution in [-0.4, -0.2) is 17.0 Å². The lowest BCUT2D eigenvalue weighted by Gasteiger charge is -2.03. The van der Waals surface area contributed by atoms with Gasteiger partial charge in [-0.25, -0.2) is 0 Å². The van der Waals surface area contributed by atoms with Gasteiger partial charge < -0.3 is 10.4 Å². The van der Waals surface area contributed by atoms with Crippen molar-refractivity contribution in [2.24, 2.45) is 0 Å². The maximum absolute atomic E-state index is 11.1. The second-order valence-electron chi connectivity index (χ2n) is 2.97. The number of carbonyl (C=O) groups excluding carboxylic acids is 1. The highest BCUT2D eigenvalue weighted by atomic mass is 16.4. The van der Waals surface area contributed by atoms with Gasteiger partial charge in [-0.05, 0) is 24.3 Å². The van der Waals surface area contributed by atoms with Crippen LogP contribution in [0.1, 0.15) is 12.8 Å². The third-order valence-corrected chi connectivity index (χ3v) is 1.70. The normalized spacial score (nSPS) is 9.60. The van der Waals surface area contributed by atoms with Crippen molar-refractivity contribution in [2.45, 2.75) is 12.8 Å². The van der Waals surface area contributed by atoms with E-state index in [-0.39, 0.29) is 24.5 Å². The van der Waals surface area contributed by atoms with Gasteiger partial charge in [0.2, 0.25) is 5.91 Å². The fourth-order valence-electron chi connectivity index (χ4n) is 0.982. The minimum Gasteiger partial charge on any atom is -0.481 e. The van der Waals surface area contributed by atoms with Crippen LogP contribution in [0, 0.1) is 0 Å². The Bertz CT molecular complexity index is 358. The van der Waals surface area contributed by atoms with Crippen LogP contribution in [0.15, 0.2) is 24.3 Å². The smallest absolute Gasteiger partial charge is 0.303 e. The standard InChI is InChI=1S/C10H10NO4/c12-8-3-1-7(2-4-8)11-9(13)5-6-10(14)15/h1-4H,5-6H2,(H,11,13)(H,14,15). The van der Waals surface area contributed by atoms with E-state index in [1.807, 2.05) is 0 Å². The van der Waals surface area contributed by atoms with Crippen molar-refractivity contribution in [3.8, 4) is 5.75 Å². The fraction of sp³-hybridized carbons (Fsp3) is 0.200. The highest BCUT2D eigenvalue weighted by Gasteiger charge is 2.05. The van der Waals surface area contributed by atoms with E-state index in [4.69, 9.17) is 5.11 Å². The molecule has 2 N–H and O–H groups in total. The molecule has 79 valence electrons. The number of nitrogens with one attached hydrogen (secondary N) is 1. The Hall–Kier alpha value is -2.04. The second kappa shape index (κ2) is 4.99. The number of aliphatic carboxylic acids is 1. The molecule has 0 saturated heterocycles. The van der Waals surface area contributed by atoms with Crippen LogP contribution in [0.2, 0.25) is 0 Å². The molecule has 1 rings (SSSR count). The average molecular weight is 208 g/mol. The van der Waals surface area contributed by atoms with Gasteiger partial charge in [0.15, 0.2) is 5.75 Å². The molecule has 0 fully saturated rings. The van der Waals surface area contributed by atoms with Gasteiger partial charge >= 0.3 is 5.97 Å². The van der Waals surface area contributed by atoms with Crippen LogP contribution in [0.3, 0.4) is 0 Å². The molecule has 0 saturated carbocycles. The predicted molar refractivity (Wildman–Crippen MR) is 52.1 cm³/mol. The molecule has 0 bridgehead atoms. The molecule has 0 spiro atoms. The van der Waals surface area contributed by atoms with Gasteiger partial charge in [-0.3, -0.25) is 14.7 Å². The van der Waals surface area contributed by atoms with Crippen LogP contribution < -0.4 is 5.32 Å². The summed E-state index contributed by atoms with van der Waals surface area (Å²) in [7, 11) is 0. The van der Waals surface area contributed by atoms with Gasteiger partial charge in [0.05, 0.1) is 6.42 Å². The van der Waals surface area contributed by atoms with E-state index >= 15 is 0 Å². The van der Waals surface area contributed by atoms with Crippen LogP contribution in [0.5, 0.6) is 5.75 Å². The summed E-state index contributed by atoms with van der Waals surface area (Å²) in [5.41, 5.74) is 0.491. The molecule has 0 atom stereocenters. The summed E-state index contributed by atoms with van der Waals surface area (Å²) in [6.45, 7) is 0. The van der Waals surface area contributed by atoms with Crippen molar-refractivity contribution in [3.05, 3.63) is 24.3 Å². The van der Waals surface area contributed by atoms with Crippen molar-refractivity contribution in [2.75, 3.05) is 5.32 Å². The first-order chi connectivity index (χ1) is 7.08. The molecule has 1 aromatic rings. The molecular weight excluding hydrogens is 198 g/mol. The Morgan fingerprint density at radius 2 is 1.73 bits per heavy atom. The Balaban J connectivity index is 2.44. The maximum atomic E-state index is 11.1. The third kappa shape index (κ3) is 4.12. The van der Waals surface area contributed by atoms with Crippen LogP contribution in [0.4, 0.5) is 5.69 Å². The summed E-state index contributed by atoms with van der Waals surface area (Å²) >= 11 is 0. The van der Waals surface area contributed by atoms with Gasteiger partial charge in [-0.1, -0.05) is 0 Å². The number of carbonyl (C=O) groups is 2. The number of amides is 1. The molecule has 5 nitrogen and oxygen atoms in total. The topological polar surface area (TPSA) is 86.3 Å². The van der Waals surface area contributed by atoms with Crippen molar-refractivity contribution >= 4 is 17.6 Å². The number of rotatable bonds is 4. The number of carboxylic acid groups (broad SMARTS) is 1. The lowest BCUT2D eigenvalue weighted by molar-refractivity contribution is -0.138. The minimum absolute atomic E-state index is 0.0749. The Kier molecular flexibility index (Phi) is 3.68. The molecule has 5 heteroatoms. The first kappa shape index (κ1) is 11.0. The lowest BCUT2D eigenvalue weighted by Crippen LogP contribution is -2.12. The Morgan fingerprint density at radius 3 is 2.27 bits per heavy atom. The predicted octanol–water partition coefficient (Wildman–Crippen LogP) is 1.63. The second-order valence-corrected chi connectivity index (χ2v) is 2.97. The van der Waals surface area contributed by atoms with Gasteiger partial charge in [-0.2, -0.15) is 0 Å². The van der Waals surface area contributed by atoms with E-state index in [0.29, 0.717) is 5.69 Å². The monoisotopic (exact) mass is 208 g/mol. The Labute approximate surface area is 86.4 Å². The van der Waals surface area contributed by atoms with Crippen LogP contribution in [-0.2, 0) is 14.7 Å². The van der Waals surface area contributed by atoms with Crippen LogP contribution >= 0.6 is 0 Å². The van der Waals surface area contributed by atoms with E-state index in [2.05, 4.69) is 5.32 Å². The molecule has 0 unspecified atom stereocenters. The number of carboxylic acids is 1. The van der Waals surface area contributed by atoms with E-state index in [1.54, 1.807) is 0 Å². The lowest BCUT2D eigenvalue weighted by atomic mass is 10.2. The first-order valence-electron chi connectivity index (χ1n) is 4.36. The molecule has 0 heterocycles. The molecule has 15 heavy (non-hydrogen) atoms. The molecule has 0 aliphatic heterocycles. The van der Waals surface area contributed by atoms with Crippen LogP contribution in [0.25, 0.3) is 0 Å². The highest BCUT2D eigenvalue weighted by Crippen LogP contribution is 2.14. The summed E-state index contributed by atoms with van der Waals surface area (Å²) < 4.78 is 0. The van der Waals surface area contributed by atoms with Crippen molar-refractivity contribution in [1.82, 2.24) is 0 Å². The van der Waals surface area contributed by atoms with Crippen molar-refractivity contribution < 1.29 is 19.8 Å². The molecule has 1 radical (unpaired) electrons. The molecule has 1 aromatic carbocycles. The first-order valence-corrected chi connectivity index (χ1v) is 4.36. The van der Waals surface area contributed by atoms with Crippen molar-refractivity contribution in [1.29, 1.82) is 0 Å². The zero-order chi connectivity index (χ0) is 11.3. The number of anilines is 1. The van der Waals surface area contributed by atoms with Gasteiger partial charge in [0.25, 0.3) is 0 Å². The molecule has 0 aliphatic carbocycles. The minimum atomic E-state index is -1.01. The zero-order valence-electron chi connectivity index (χ0n) is 7.90. The summed E-state index contributed by atoms with van der Waals surface area (Å²) in [5.74, 6) is -1.53. The molecular formula is C10H10NO4. The molecule has 0 aliphatic rings. The van der Waals surface area contributed by atoms with Gasteiger partial charge in [-0.15, -0.1) is 0 Å². The number of benzene rings is 1. The molecule has 0 aromatic heterocycles. The molecule has 1 amide bonds. The van der Waals surface area contributed by atoms with E-state index < -0.39 is 5.97 Å². The van der Waals surface area contributed by atoms with E-state index in [0.717, 1.165) is 0 Å². The summed E-state index contributed by atoms with van der Waals surface area (Å²) in [5, 5.41) is 21.6. The maximum Gasteiger partial charge on any atom is 0.303 e. The third-order valence-electron chi connectivity index (χ3n) is 1.70. The largest absolute Gasteiger partial charge is 0.481 e. The fourth-order valence-corrected chi connectivity index (χ4v) is 0.982. The summed E-state index contributed by atoms with van der Waals surface area (Å²) in [6, 6.07) is 5.60. The zero-order valence-corrected chi connectivity index (χ0v) is 7.90. The van der Waals surface area contributed by atoms with Gasteiger partial charge in [0, 0.05) is 12.1 Å². The Morgan fingerprint density at radius 1 is 1.13 bits per heavy atom. The summed E-state index contributed by atoms with van der Waals surface area (Å²) in [6.07, 6.45) is -0.278. The quantitative estimate of drug-likeness (QED) is 0.788. The number of hydrogen-bond acceptors (Lipinski definition) is 2. The van der Waals surface area contributed by atoms with E-state index in [1.165, 1.54) is 24.3 Å².